The molecule has 8 nitrogen and oxygen atoms in total. The molecule has 37 heavy (non-hydrogen) atoms. The Balaban J connectivity index is 1.32. The summed E-state index contributed by atoms with van der Waals surface area (Å²) in [5.74, 6) is 2.19. The zero-order valence-electron chi connectivity index (χ0n) is 21.8. The van der Waals surface area contributed by atoms with Crippen molar-refractivity contribution in [3.63, 3.8) is 0 Å². The second kappa shape index (κ2) is 10.5. The van der Waals surface area contributed by atoms with E-state index in [2.05, 4.69) is 48.3 Å². The maximum Gasteiger partial charge on any atom is 0.225 e. The van der Waals surface area contributed by atoms with Crippen LogP contribution in [-0.4, -0.2) is 47.8 Å². The van der Waals surface area contributed by atoms with Crippen molar-refractivity contribution in [1.82, 2.24) is 19.9 Å². The highest BCUT2D eigenvalue weighted by molar-refractivity contribution is 5.81. The number of benzene rings is 2. The highest BCUT2D eigenvalue weighted by Gasteiger charge is 2.28. The number of ether oxygens (including phenoxy) is 2. The molecule has 1 aliphatic rings. The van der Waals surface area contributed by atoms with Gasteiger partial charge in [0.15, 0.2) is 5.82 Å². The van der Waals surface area contributed by atoms with Crippen molar-refractivity contribution < 1.29 is 14.3 Å². The van der Waals surface area contributed by atoms with Gasteiger partial charge in [0, 0.05) is 49.2 Å². The maximum absolute atomic E-state index is 13.1. The van der Waals surface area contributed by atoms with Crippen LogP contribution in [0.5, 0.6) is 11.5 Å². The molecule has 1 fully saturated rings. The zero-order valence-corrected chi connectivity index (χ0v) is 21.8. The van der Waals surface area contributed by atoms with E-state index >= 15 is 0 Å². The smallest absolute Gasteiger partial charge is 0.225 e. The molecule has 0 bridgehead atoms. The van der Waals surface area contributed by atoms with Crippen LogP contribution in [0.15, 0.2) is 54.9 Å². The van der Waals surface area contributed by atoms with E-state index in [0.717, 1.165) is 53.3 Å². The van der Waals surface area contributed by atoms with Crippen LogP contribution in [0.25, 0.3) is 16.8 Å². The van der Waals surface area contributed by atoms with E-state index in [-0.39, 0.29) is 11.8 Å². The van der Waals surface area contributed by atoms with Crippen LogP contribution in [0.4, 0.5) is 5.82 Å². The summed E-state index contributed by atoms with van der Waals surface area (Å²) >= 11 is 0. The minimum atomic E-state index is -0.123. The minimum absolute atomic E-state index is 0.0406. The van der Waals surface area contributed by atoms with E-state index in [1.54, 1.807) is 20.4 Å². The third kappa shape index (κ3) is 5.09. The van der Waals surface area contributed by atoms with Crippen LogP contribution in [0, 0.1) is 19.8 Å². The highest BCUT2D eigenvalue weighted by atomic mass is 16.5. The van der Waals surface area contributed by atoms with Crippen LogP contribution in [0.1, 0.15) is 29.5 Å². The van der Waals surface area contributed by atoms with Gasteiger partial charge in [-0.1, -0.05) is 12.1 Å². The Hall–Kier alpha value is -4.07. The topological polar surface area (TPSA) is 81.0 Å². The Morgan fingerprint density at radius 3 is 2.73 bits per heavy atom. The first-order valence-corrected chi connectivity index (χ1v) is 12.6. The van der Waals surface area contributed by atoms with Gasteiger partial charge in [0.2, 0.25) is 5.91 Å². The molecule has 0 saturated carbocycles. The lowest BCUT2D eigenvalue weighted by Gasteiger charge is -2.33. The molecule has 0 spiro atoms. The fraction of sp³-hybridized carbons (Fsp3) is 0.345. The summed E-state index contributed by atoms with van der Waals surface area (Å²) in [5, 5.41) is 7.91. The molecule has 4 aromatic rings. The van der Waals surface area contributed by atoms with Gasteiger partial charge in [0.25, 0.3) is 0 Å². The first kappa shape index (κ1) is 24.6. The summed E-state index contributed by atoms with van der Waals surface area (Å²) < 4.78 is 12.6. The second-order valence-corrected chi connectivity index (χ2v) is 9.59. The average molecular weight is 500 g/mol. The van der Waals surface area contributed by atoms with Crippen LogP contribution >= 0.6 is 0 Å². The SMILES string of the molecule is COc1ccc(CNC(=O)[C@@H]2CCCN(c3nccn4nc(-c5ccc(C)c(C)c5)cc34)C2)c(OC)c1. The number of anilines is 1. The molecular formula is C29H33N5O3. The van der Waals surface area contributed by atoms with E-state index < -0.39 is 0 Å². The fourth-order valence-electron chi connectivity index (χ4n) is 4.90. The van der Waals surface area contributed by atoms with Gasteiger partial charge in [-0.2, -0.15) is 5.10 Å². The Bertz CT molecular complexity index is 1430. The molecule has 8 heteroatoms. The predicted octanol–water partition coefficient (Wildman–Crippen LogP) is 4.56. The van der Waals surface area contributed by atoms with Crippen molar-refractivity contribution in [2.24, 2.45) is 5.92 Å². The lowest BCUT2D eigenvalue weighted by atomic mass is 9.97. The number of methoxy groups -OCH3 is 2. The summed E-state index contributed by atoms with van der Waals surface area (Å²) in [6, 6.07) is 14.1. The first-order valence-electron chi connectivity index (χ1n) is 12.6. The Labute approximate surface area is 217 Å². The van der Waals surface area contributed by atoms with Crippen molar-refractivity contribution >= 4 is 17.2 Å². The van der Waals surface area contributed by atoms with Crippen LogP contribution < -0.4 is 19.7 Å². The number of amides is 1. The normalized spacial score (nSPS) is 15.6. The summed E-state index contributed by atoms with van der Waals surface area (Å²) in [6.07, 6.45) is 5.42. The molecule has 5 rings (SSSR count). The van der Waals surface area contributed by atoms with Gasteiger partial charge in [0.05, 0.1) is 25.8 Å². The van der Waals surface area contributed by atoms with E-state index in [4.69, 9.17) is 19.6 Å². The molecular weight excluding hydrogens is 466 g/mol. The van der Waals surface area contributed by atoms with Crippen molar-refractivity contribution in [2.75, 3.05) is 32.2 Å². The standard InChI is InChI=1S/C29H33N5O3/c1-19-7-8-21(14-20(19)2)25-16-26-28(30-11-13-34(26)32-25)33-12-5-6-23(18-33)29(35)31-17-22-9-10-24(36-3)15-27(22)37-4/h7-11,13-16,23H,5-6,12,17-18H2,1-4H3,(H,31,35)/t23-/m1/s1. The molecule has 1 amide bonds. The number of nitrogens with one attached hydrogen (secondary N) is 1. The highest BCUT2D eigenvalue weighted by Crippen LogP contribution is 2.29. The number of fused-ring (bicyclic) bond motifs is 1. The van der Waals surface area contributed by atoms with Crippen molar-refractivity contribution in [3.05, 3.63) is 71.5 Å². The van der Waals surface area contributed by atoms with E-state index in [1.165, 1.54) is 11.1 Å². The summed E-state index contributed by atoms with van der Waals surface area (Å²) in [4.78, 5) is 20.1. The largest absolute Gasteiger partial charge is 0.497 e. The Kier molecular flexibility index (Phi) is 6.99. The lowest BCUT2D eigenvalue weighted by molar-refractivity contribution is -0.125. The van der Waals surface area contributed by atoms with Crippen LogP contribution in [0.3, 0.4) is 0 Å². The average Bonchev–Trinajstić information content (AvgIpc) is 3.37. The number of aryl methyl sites for hydroxylation is 2. The number of nitrogens with zero attached hydrogens (tertiary/aromatic N) is 4. The van der Waals surface area contributed by atoms with Crippen LogP contribution in [0.2, 0.25) is 0 Å². The minimum Gasteiger partial charge on any atom is -0.497 e. The van der Waals surface area contributed by atoms with Crippen molar-refractivity contribution in [3.8, 4) is 22.8 Å². The molecule has 0 aliphatic carbocycles. The molecule has 1 aliphatic heterocycles. The first-order chi connectivity index (χ1) is 18.0. The molecule has 1 N–H and O–H groups in total. The predicted molar refractivity (Wildman–Crippen MR) is 144 cm³/mol. The van der Waals surface area contributed by atoms with E-state index in [0.29, 0.717) is 18.8 Å². The zero-order chi connectivity index (χ0) is 25.9. The van der Waals surface area contributed by atoms with Gasteiger partial charge in [-0.3, -0.25) is 4.79 Å². The number of hydrogen-bond donors (Lipinski definition) is 1. The number of aromatic nitrogens is 3. The quantitative estimate of drug-likeness (QED) is 0.401. The van der Waals surface area contributed by atoms with Gasteiger partial charge < -0.3 is 19.7 Å². The number of hydrogen-bond acceptors (Lipinski definition) is 6. The summed E-state index contributed by atoms with van der Waals surface area (Å²) in [5.41, 5.74) is 6.36. The molecule has 1 atom stereocenters. The third-order valence-electron chi connectivity index (χ3n) is 7.21. The monoisotopic (exact) mass is 499 g/mol. The lowest BCUT2D eigenvalue weighted by Crippen LogP contribution is -2.43. The van der Waals surface area contributed by atoms with Crippen molar-refractivity contribution in [1.29, 1.82) is 0 Å². The number of carbonyl (C=O) groups excluding carboxylic acids is 1. The van der Waals surface area contributed by atoms with Crippen molar-refractivity contribution in [2.45, 2.75) is 33.2 Å². The summed E-state index contributed by atoms with van der Waals surface area (Å²) in [6.45, 7) is 6.10. The molecule has 1 saturated heterocycles. The number of piperidine rings is 1. The number of carbonyl (C=O) groups is 1. The second-order valence-electron chi connectivity index (χ2n) is 9.59. The van der Waals surface area contributed by atoms with Gasteiger partial charge in [-0.15, -0.1) is 0 Å². The molecule has 192 valence electrons. The third-order valence-corrected chi connectivity index (χ3v) is 7.21. The van der Waals surface area contributed by atoms with Crippen LogP contribution in [-0.2, 0) is 11.3 Å². The fourth-order valence-corrected chi connectivity index (χ4v) is 4.90. The summed E-state index contributed by atoms with van der Waals surface area (Å²) in [7, 11) is 3.24. The molecule has 2 aromatic heterocycles. The van der Waals surface area contributed by atoms with Gasteiger partial charge in [-0.05, 0) is 62.1 Å². The van der Waals surface area contributed by atoms with E-state index in [9.17, 15) is 4.79 Å². The Morgan fingerprint density at radius 2 is 1.95 bits per heavy atom. The molecule has 2 aromatic carbocycles. The Morgan fingerprint density at radius 1 is 1.08 bits per heavy atom. The molecule has 3 heterocycles. The molecule has 0 radical (unpaired) electrons. The van der Waals surface area contributed by atoms with Gasteiger partial charge in [-0.25, -0.2) is 9.50 Å². The van der Waals surface area contributed by atoms with Gasteiger partial charge in [0.1, 0.15) is 17.0 Å². The van der Waals surface area contributed by atoms with Gasteiger partial charge >= 0.3 is 0 Å². The van der Waals surface area contributed by atoms with E-state index in [1.807, 2.05) is 28.9 Å². The number of rotatable bonds is 7. The molecule has 0 unspecified atom stereocenters. The maximum atomic E-state index is 13.1.